The Balaban J connectivity index is 2.05. The predicted molar refractivity (Wildman–Crippen MR) is 66.7 cm³/mol. The van der Waals surface area contributed by atoms with Gasteiger partial charge in [-0.3, -0.25) is 0 Å². The molecule has 0 N–H and O–H groups in total. The highest BCUT2D eigenvalue weighted by Crippen LogP contribution is 2.51. The van der Waals surface area contributed by atoms with Crippen molar-refractivity contribution >= 4 is 0 Å². The van der Waals surface area contributed by atoms with Gasteiger partial charge in [0, 0.05) is 0 Å². The average Bonchev–Trinajstić information content (AvgIpc) is 2.52. The Hall–Kier alpha value is 0. The number of fused-ring (bicyclic) bond motifs is 1. The van der Waals surface area contributed by atoms with Crippen LogP contribution in [0.5, 0.6) is 0 Å². The molecule has 2 aliphatic carbocycles. The van der Waals surface area contributed by atoms with E-state index in [9.17, 15) is 0 Å². The Morgan fingerprint density at radius 2 is 1.47 bits per heavy atom. The summed E-state index contributed by atoms with van der Waals surface area (Å²) in [5, 5.41) is 0. The maximum atomic E-state index is 2.51. The van der Waals surface area contributed by atoms with Gasteiger partial charge in [0.05, 0.1) is 0 Å². The summed E-state index contributed by atoms with van der Waals surface area (Å²) in [6.45, 7) is 9.79. The zero-order valence-corrected chi connectivity index (χ0v) is 11.0. The van der Waals surface area contributed by atoms with Crippen molar-refractivity contribution in [2.75, 3.05) is 0 Å². The molecule has 0 nitrogen and oxygen atoms in total. The van der Waals surface area contributed by atoms with Crippen molar-refractivity contribution in [1.29, 1.82) is 0 Å². The van der Waals surface area contributed by atoms with Crippen molar-refractivity contribution in [1.82, 2.24) is 0 Å². The Labute approximate surface area is 95.8 Å². The van der Waals surface area contributed by atoms with E-state index in [1.54, 1.807) is 0 Å². The van der Waals surface area contributed by atoms with Gasteiger partial charge in [-0.2, -0.15) is 0 Å². The third-order valence-electron chi connectivity index (χ3n) is 5.22. The zero-order chi connectivity index (χ0) is 11.0. The second-order valence-electron chi connectivity index (χ2n) is 6.73. The first-order valence-corrected chi connectivity index (χ1v) is 7.09. The Morgan fingerprint density at radius 3 is 2.13 bits per heavy atom. The van der Waals surface area contributed by atoms with Gasteiger partial charge in [-0.1, -0.05) is 40.5 Å². The van der Waals surface area contributed by atoms with E-state index in [0.717, 1.165) is 35.5 Å². The van der Waals surface area contributed by atoms with Crippen LogP contribution in [-0.4, -0.2) is 0 Å². The average molecular weight is 208 g/mol. The van der Waals surface area contributed by atoms with Crippen LogP contribution in [0.3, 0.4) is 0 Å². The van der Waals surface area contributed by atoms with Crippen LogP contribution in [-0.2, 0) is 0 Å². The summed E-state index contributed by atoms with van der Waals surface area (Å²) in [6.07, 6.45) is 7.56. The van der Waals surface area contributed by atoms with Crippen molar-refractivity contribution in [2.45, 2.75) is 59.8 Å². The van der Waals surface area contributed by atoms with Gasteiger partial charge in [0.25, 0.3) is 0 Å². The Morgan fingerprint density at radius 1 is 0.867 bits per heavy atom. The first kappa shape index (κ1) is 11.5. The summed E-state index contributed by atoms with van der Waals surface area (Å²) >= 11 is 0. The van der Waals surface area contributed by atoms with Crippen LogP contribution in [0.1, 0.15) is 59.8 Å². The molecule has 5 unspecified atom stereocenters. The van der Waals surface area contributed by atoms with Gasteiger partial charge in [-0.25, -0.2) is 0 Å². The molecule has 2 aliphatic rings. The van der Waals surface area contributed by atoms with Crippen LogP contribution in [0, 0.1) is 35.5 Å². The molecule has 0 amide bonds. The Bertz CT molecular complexity index is 206. The highest BCUT2D eigenvalue weighted by molar-refractivity contribution is 4.92. The van der Waals surface area contributed by atoms with Gasteiger partial charge in [0.15, 0.2) is 0 Å². The molecule has 0 spiro atoms. The highest BCUT2D eigenvalue weighted by atomic mass is 14.5. The van der Waals surface area contributed by atoms with Crippen molar-refractivity contribution in [3.05, 3.63) is 0 Å². The van der Waals surface area contributed by atoms with Crippen molar-refractivity contribution in [2.24, 2.45) is 35.5 Å². The third-order valence-corrected chi connectivity index (χ3v) is 5.22. The third kappa shape index (κ3) is 2.24. The van der Waals surface area contributed by atoms with Crippen LogP contribution in [0.2, 0.25) is 0 Å². The highest BCUT2D eigenvalue weighted by Gasteiger charge is 2.42. The van der Waals surface area contributed by atoms with Gasteiger partial charge in [-0.15, -0.1) is 0 Å². The molecule has 15 heavy (non-hydrogen) atoms. The van der Waals surface area contributed by atoms with Gasteiger partial charge in [0.1, 0.15) is 0 Å². The number of hydrogen-bond acceptors (Lipinski definition) is 0. The van der Waals surface area contributed by atoms with E-state index in [0.29, 0.717) is 0 Å². The summed E-state index contributed by atoms with van der Waals surface area (Å²) in [5.74, 6) is 6.15. The van der Waals surface area contributed by atoms with Crippen LogP contribution >= 0.6 is 0 Å². The Kier molecular flexibility index (Phi) is 3.42. The molecule has 2 rings (SSSR count). The molecule has 2 fully saturated rings. The molecule has 0 saturated heterocycles. The van der Waals surface area contributed by atoms with Crippen LogP contribution in [0.25, 0.3) is 0 Å². The second kappa shape index (κ2) is 4.47. The molecule has 0 heteroatoms. The van der Waals surface area contributed by atoms with E-state index in [2.05, 4.69) is 27.7 Å². The monoisotopic (exact) mass is 208 g/mol. The number of hydrogen-bond donors (Lipinski definition) is 0. The summed E-state index contributed by atoms with van der Waals surface area (Å²) in [4.78, 5) is 0. The summed E-state index contributed by atoms with van der Waals surface area (Å²) < 4.78 is 0. The van der Waals surface area contributed by atoms with E-state index in [1.807, 2.05) is 0 Å². The molecular formula is C15H28. The fraction of sp³-hybridized carbons (Fsp3) is 1.00. The van der Waals surface area contributed by atoms with E-state index in [1.165, 1.54) is 32.1 Å². The standard InChI is InChI=1S/C15H28/c1-10(2)9-15-12(4)5-7-13-11(3)6-8-14(13)15/h10-15H,5-9H2,1-4H3. The van der Waals surface area contributed by atoms with Crippen molar-refractivity contribution < 1.29 is 0 Å². The fourth-order valence-electron chi connectivity index (χ4n) is 4.38. The second-order valence-corrected chi connectivity index (χ2v) is 6.73. The minimum absolute atomic E-state index is 0.895. The van der Waals surface area contributed by atoms with Crippen LogP contribution < -0.4 is 0 Å². The maximum absolute atomic E-state index is 2.51. The van der Waals surface area contributed by atoms with Crippen molar-refractivity contribution in [3.63, 3.8) is 0 Å². The first-order valence-electron chi connectivity index (χ1n) is 7.09. The normalized spacial score (nSPS) is 45.8. The smallest absolute Gasteiger partial charge is 0.0352 e. The lowest BCUT2D eigenvalue weighted by Crippen LogP contribution is -2.33. The molecule has 0 aromatic rings. The first-order chi connectivity index (χ1) is 7.09. The van der Waals surface area contributed by atoms with E-state index >= 15 is 0 Å². The fourth-order valence-corrected chi connectivity index (χ4v) is 4.38. The van der Waals surface area contributed by atoms with Crippen molar-refractivity contribution in [3.8, 4) is 0 Å². The predicted octanol–water partition coefficient (Wildman–Crippen LogP) is 4.74. The lowest BCUT2D eigenvalue weighted by molar-refractivity contribution is 0.0882. The lowest BCUT2D eigenvalue weighted by atomic mass is 9.65. The molecule has 5 atom stereocenters. The molecule has 0 bridgehead atoms. The SMILES string of the molecule is CC(C)CC1C(C)CCC2C(C)CCC21. The molecule has 0 radical (unpaired) electrons. The van der Waals surface area contributed by atoms with E-state index < -0.39 is 0 Å². The van der Waals surface area contributed by atoms with E-state index in [4.69, 9.17) is 0 Å². The summed E-state index contributed by atoms with van der Waals surface area (Å²) in [5.41, 5.74) is 0. The summed E-state index contributed by atoms with van der Waals surface area (Å²) in [7, 11) is 0. The van der Waals surface area contributed by atoms with Gasteiger partial charge >= 0.3 is 0 Å². The number of rotatable bonds is 2. The summed E-state index contributed by atoms with van der Waals surface area (Å²) in [6, 6.07) is 0. The molecule has 0 heterocycles. The zero-order valence-electron chi connectivity index (χ0n) is 11.0. The molecular weight excluding hydrogens is 180 g/mol. The molecule has 0 aromatic carbocycles. The van der Waals surface area contributed by atoms with Crippen LogP contribution in [0.4, 0.5) is 0 Å². The topological polar surface area (TPSA) is 0 Å². The lowest BCUT2D eigenvalue weighted by Gasteiger charge is -2.41. The minimum Gasteiger partial charge on any atom is -0.0628 e. The quantitative estimate of drug-likeness (QED) is 0.615. The molecule has 88 valence electrons. The van der Waals surface area contributed by atoms with Crippen LogP contribution in [0.15, 0.2) is 0 Å². The largest absolute Gasteiger partial charge is 0.0628 e. The molecule has 2 saturated carbocycles. The van der Waals surface area contributed by atoms with Gasteiger partial charge in [0.2, 0.25) is 0 Å². The molecule has 0 aromatic heterocycles. The van der Waals surface area contributed by atoms with Gasteiger partial charge < -0.3 is 0 Å². The van der Waals surface area contributed by atoms with E-state index in [-0.39, 0.29) is 0 Å². The molecule has 0 aliphatic heterocycles. The van der Waals surface area contributed by atoms with Gasteiger partial charge in [-0.05, 0) is 54.8 Å². The maximum Gasteiger partial charge on any atom is -0.0352 e. The minimum atomic E-state index is 0.895.